The first-order valence-electron chi connectivity index (χ1n) is 8.45. The van der Waals surface area contributed by atoms with Gasteiger partial charge in [-0.1, -0.05) is 0 Å². The summed E-state index contributed by atoms with van der Waals surface area (Å²) in [6.07, 6.45) is 1.28. The molecule has 1 aliphatic rings. The summed E-state index contributed by atoms with van der Waals surface area (Å²) in [5.74, 6) is 0.357. The summed E-state index contributed by atoms with van der Waals surface area (Å²) in [6.45, 7) is 5.06. The molecular formula is C18H21N3O5. The predicted octanol–water partition coefficient (Wildman–Crippen LogP) is 2.90. The second-order valence-electron chi connectivity index (χ2n) is 6.41. The highest BCUT2D eigenvalue weighted by Gasteiger charge is 2.29. The number of nitrogens with zero attached hydrogens (tertiary/aromatic N) is 2. The van der Waals surface area contributed by atoms with Crippen molar-refractivity contribution in [2.75, 3.05) is 24.6 Å². The Labute approximate surface area is 150 Å². The quantitative estimate of drug-likeness (QED) is 0.651. The highest BCUT2D eigenvalue weighted by Crippen LogP contribution is 2.33. The van der Waals surface area contributed by atoms with Crippen LogP contribution in [0, 0.1) is 10.1 Å². The van der Waals surface area contributed by atoms with Gasteiger partial charge < -0.3 is 19.4 Å². The Balaban J connectivity index is 1.86. The molecule has 2 heterocycles. The summed E-state index contributed by atoms with van der Waals surface area (Å²) >= 11 is 0. The number of benzene rings is 1. The summed E-state index contributed by atoms with van der Waals surface area (Å²) in [4.78, 5) is 25.1. The smallest absolute Gasteiger partial charge is 0.293 e. The molecule has 1 aliphatic heterocycles. The fourth-order valence-electron chi connectivity index (χ4n) is 2.94. The topological polar surface area (TPSA) is 97.9 Å². The van der Waals surface area contributed by atoms with E-state index in [1.165, 1.54) is 6.07 Å². The van der Waals surface area contributed by atoms with Gasteiger partial charge >= 0.3 is 0 Å². The molecule has 0 bridgehead atoms. The van der Waals surface area contributed by atoms with Crippen LogP contribution in [0.3, 0.4) is 0 Å². The summed E-state index contributed by atoms with van der Waals surface area (Å²) in [5, 5.41) is 14.3. The third kappa shape index (κ3) is 3.85. The lowest BCUT2D eigenvalue weighted by atomic mass is 10.1. The zero-order valence-electron chi connectivity index (χ0n) is 14.7. The molecule has 1 unspecified atom stereocenters. The molecular weight excluding hydrogens is 338 g/mol. The molecule has 1 fully saturated rings. The van der Waals surface area contributed by atoms with Crippen LogP contribution in [0.5, 0.6) is 0 Å². The standard InChI is InChI=1S/C18H21N3O5/c1-12(2)19-18(22)13-5-6-14(15(10-13)21(23)24)20-7-9-26-17(11-20)16-4-3-8-25-16/h3-6,8,10,12,17H,7,9,11H2,1-2H3,(H,19,22). The molecule has 1 amide bonds. The molecule has 8 heteroatoms. The average Bonchev–Trinajstić information content (AvgIpc) is 3.15. The Kier molecular flexibility index (Phi) is 5.22. The normalized spacial score (nSPS) is 17.3. The molecule has 138 valence electrons. The minimum Gasteiger partial charge on any atom is -0.467 e. The van der Waals surface area contributed by atoms with Gasteiger partial charge in [0, 0.05) is 24.2 Å². The number of furan rings is 1. The minimum atomic E-state index is -0.459. The molecule has 1 N–H and O–H groups in total. The number of nitro benzene ring substituents is 1. The SMILES string of the molecule is CC(C)NC(=O)c1ccc(N2CCOC(c3ccco3)C2)c([N+](=O)[O-])c1. The van der Waals surface area contributed by atoms with E-state index in [9.17, 15) is 14.9 Å². The first-order chi connectivity index (χ1) is 12.5. The van der Waals surface area contributed by atoms with Crippen LogP contribution in [0.2, 0.25) is 0 Å². The van der Waals surface area contributed by atoms with Crippen molar-refractivity contribution in [1.82, 2.24) is 5.32 Å². The monoisotopic (exact) mass is 359 g/mol. The van der Waals surface area contributed by atoms with E-state index in [0.29, 0.717) is 31.1 Å². The zero-order chi connectivity index (χ0) is 18.7. The highest BCUT2D eigenvalue weighted by molar-refractivity contribution is 5.96. The van der Waals surface area contributed by atoms with Crippen LogP contribution in [0.25, 0.3) is 0 Å². The van der Waals surface area contributed by atoms with Crippen LogP contribution in [-0.2, 0) is 4.74 Å². The molecule has 0 saturated carbocycles. The van der Waals surface area contributed by atoms with Gasteiger partial charge in [-0.25, -0.2) is 0 Å². The van der Waals surface area contributed by atoms with Crippen LogP contribution in [0.4, 0.5) is 11.4 Å². The van der Waals surface area contributed by atoms with Crippen molar-refractivity contribution in [3.63, 3.8) is 0 Å². The molecule has 3 rings (SSSR count). The largest absolute Gasteiger partial charge is 0.467 e. The van der Waals surface area contributed by atoms with Crippen molar-refractivity contribution in [2.24, 2.45) is 0 Å². The number of hydrogen-bond acceptors (Lipinski definition) is 6. The van der Waals surface area contributed by atoms with Gasteiger partial charge in [0.15, 0.2) is 0 Å². The first-order valence-corrected chi connectivity index (χ1v) is 8.45. The van der Waals surface area contributed by atoms with Crippen molar-refractivity contribution in [3.8, 4) is 0 Å². The number of nitro groups is 1. The van der Waals surface area contributed by atoms with Crippen molar-refractivity contribution >= 4 is 17.3 Å². The van der Waals surface area contributed by atoms with Gasteiger partial charge in [-0.3, -0.25) is 14.9 Å². The first kappa shape index (κ1) is 17.9. The lowest BCUT2D eigenvalue weighted by Gasteiger charge is -2.33. The van der Waals surface area contributed by atoms with E-state index < -0.39 is 4.92 Å². The molecule has 8 nitrogen and oxygen atoms in total. The molecule has 0 aliphatic carbocycles. The average molecular weight is 359 g/mol. The Morgan fingerprint density at radius 3 is 2.85 bits per heavy atom. The van der Waals surface area contributed by atoms with E-state index in [4.69, 9.17) is 9.15 Å². The van der Waals surface area contributed by atoms with E-state index in [2.05, 4.69) is 5.32 Å². The summed E-state index contributed by atoms with van der Waals surface area (Å²) in [7, 11) is 0. The van der Waals surface area contributed by atoms with Gasteiger partial charge in [0.1, 0.15) is 17.6 Å². The van der Waals surface area contributed by atoms with E-state index >= 15 is 0 Å². The number of carbonyl (C=O) groups excluding carboxylic acids is 1. The predicted molar refractivity (Wildman–Crippen MR) is 95.3 cm³/mol. The molecule has 0 spiro atoms. The summed E-state index contributed by atoms with van der Waals surface area (Å²) in [6, 6.07) is 8.11. The molecule has 1 aromatic carbocycles. The maximum Gasteiger partial charge on any atom is 0.293 e. The molecule has 1 saturated heterocycles. The van der Waals surface area contributed by atoms with Gasteiger partial charge in [-0.15, -0.1) is 0 Å². The fourth-order valence-corrected chi connectivity index (χ4v) is 2.94. The third-order valence-corrected chi connectivity index (χ3v) is 4.12. The van der Waals surface area contributed by atoms with E-state index in [1.54, 1.807) is 24.5 Å². The van der Waals surface area contributed by atoms with E-state index in [-0.39, 0.29) is 29.3 Å². The van der Waals surface area contributed by atoms with Gasteiger partial charge in [-0.2, -0.15) is 0 Å². The summed E-state index contributed by atoms with van der Waals surface area (Å²) < 4.78 is 11.1. The second kappa shape index (κ2) is 7.57. The summed E-state index contributed by atoms with van der Waals surface area (Å²) in [5.41, 5.74) is 0.641. The number of hydrogen-bond donors (Lipinski definition) is 1. The molecule has 1 atom stereocenters. The number of carbonyl (C=O) groups is 1. The maximum absolute atomic E-state index is 12.1. The van der Waals surface area contributed by atoms with Crippen LogP contribution in [0.15, 0.2) is 41.0 Å². The van der Waals surface area contributed by atoms with Gasteiger partial charge in [0.2, 0.25) is 0 Å². The number of rotatable bonds is 5. The maximum atomic E-state index is 12.1. The van der Waals surface area contributed by atoms with Gasteiger partial charge in [-0.05, 0) is 38.1 Å². The minimum absolute atomic E-state index is 0.0467. The van der Waals surface area contributed by atoms with Crippen molar-refractivity contribution in [1.29, 1.82) is 0 Å². The Morgan fingerprint density at radius 1 is 1.38 bits per heavy atom. The Bertz CT molecular complexity index is 788. The molecule has 0 radical (unpaired) electrons. The third-order valence-electron chi connectivity index (χ3n) is 4.12. The lowest BCUT2D eigenvalue weighted by Crippen LogP contribution is -2.38. The van der Waals surface area contributed by atoms with Crippen molar-refractivity contribution in [2.45, 2.75) is 26.0 Å². The number of nitrogens with one attached hydrogen (secondary N) is 1. The zero-order valence-corrected chi connectivity index (χ0v) is 14.7. The highest BCUT2D eigenvalue weighted by atomic mass is 16.6. The Morgan fingerprint density at radius 2 is 2.19 bits per heavy atom. The van der Waals surface area contributed by atoms with E-state index in [1.807, 2.05) is 24.8 Å². The molecule has 26 heavy (non-hydrogen) atoms. The molecule has 1 aromatic heterocycles. The van der Waals surface area contributed by atoms with Gasteiger partial charge in [0.05, 0.1) is 24.3 Å². The van der Waals surface area contributed by atoms with Crippen molar-refractivity contribution in [3.05, 3.63) is 58.0 Å². The van der Waals surface area contributed by atoms with Crippen LogP contribution in [-0.4, -0.2) is 36.6 Å². The van der Waals surface area contributed by atoms with Gasteiger partial charge in [0.25, 0.3) is 11.6 Å². The second-order valence-corrected chi connectivity index (χ2v) is 6.41. The van der Waals surface area contributed by atoms with Crippen LogP contribution in [0.1, 0.15) is 36.1 Å². The Hall–Kier alpha value is -2.87. The number of ether oxygens (including phenoxy) is 1. The number of anilines is 1. The number of morpholine rings is 1. The fraction of sp³-hybridized carbons (Fsp3) is 0.389. The lowest BCUT2D eigenvalue weighted by molar-refractivity contribution is -0.384. The number of amides is 1. The van der Waals surface area contributed by atoms with Crippen LogP contribution >= 0.6 is 0 Å². The van der Waals surface area contributed by atoms with Crippen LogP contribution < -0.4 is 10.2 Å². The van der Waals surface area contributed by atoms with Crippen molar-refractivity contribution < 1.29 is 18.9 Å². The molecule has 2 aromatic rings. The van der Waals surface area contributed by atoms with E-state index in [0.717, 1.165) is 0 Å².